The van der Waals surface area contributed by atoms with E-state index in [0.29, 0.717) is 5.56 Å². The molecule has 0 amide bonds. The summed E-state index contributed by atoms with van der Waals surface area (Å²) < 4.78 is 14.9. The smallest absolute Gasteiger partial charge is 0.104 e. The van der Waals surface area contributed by atoms with E-state index in [-0.39, 0.29) is 0 Å². The van der Waals surface area contributed by atoms with Crippen molar-refractivity contribution in [3.8, 4) is 62.2 Å². The minimum atomic E-state index is 0.530. The fraction of sp³-hybridized carbons (Fsp3) is 0. The van der Waals surface area contributed by atoms with Crippen LogP contribution in [0.15, 0.2) is 297 Å². The topological polar surface area (TPSA) is 43.5 Å². The molecule has 14 aromatic carbocycles. The molecule has 92 heavy (non-hydrogen) atoms. The monoisotopic (exact) mass is 1200 g/mol. The van der Waals surface area contributed by atoms with Crippen LogP contribution in [0, 0.1) is 11.3 Å². The highest BCUT2D eigenvalue weighted by atomic mass is 32.1. The Hall–Kier alpha value is -11.8. The van der Waals surface area contributed by atoms with Gasteiger partial charge in [0.25, 0.3) is 0 Å². The van der Waals surface area contributed by atoms with Crippen molar-refractivity contribution in [3.63, 3.8) is 0 Å². The fourth-order valence-corrected chi connectivity index (χ4v) is 18.1. The third kappa shape index (κ3) is 7.10. The van der Waals surface area contributed by atoms with Crippen molar-refractivity contribution < 1.29 is 0 Å². The molecule has 0 N–H and O–H groups in total. The Bertz CT molecular complexity index is 6090. The number of hydrogen-bond donors (Lipinski definition) is 0. The van der Waals surface area contributed by atoms with Gasteiger partial charge in [0.2, 0.25) is 0 Å². The first-order chi connectivity index (χ1) is 45.7. The van der Waals surface area contributed by atoms with E-state index < -0.39 is 0 Å². The molecule has 0 saturated carbocycles. The molecule has 7 heteroatoms. The second kappa shape index (κ2) is 19.6. The number of thiophene rings is 2. The van der Waals surface area contributed by atoms with E-state index in [1.807, 2.05) is 22.7 Å². The summed E-state index contributed by atoms with van der Waals surface area (Å²) in [6, 6.07) is 112. The van der Waals surface area contributed by atoms with Gasteiger partial charge in [0, 0.05) is 89.0 Å². The third-order valence-corrected chi connectivity index (χ3v) is 21.8. The van der Waals surface area contributed by atoms with Crippen molar-refractivity contribution in [2.45, 2.75) is 0 Å². The number of nitrogens with zero attached hydrogens (tertiary/aromatic N) is 5. The molecule has 0 unspecified atom stereocenters. The SMILES string of the molecule is N#Cc1c(-n2c3ccccc3c3ccccc32)c(-n2c3cc(-c4ccccc4)ccc3c3c4sc5ccccc5c4ccc32)c(-c2ccccc2)c(-n2c3cc(-c4ccccc4)ccc3c3c4sc5ccccc5c4ccc32)c1-n1c2ccccc2c2ccccc21. The Balaban J connectivity index is 1.11. The summed E-state index contributed by atoms with van der Waals surface area (Å²) in [5.41, 5.74) is 18.4. The lowest BCUT2D eigenvalue weighted by molar-refractivity contribution is 1.04. The Morgan fingerprint density at radius 2 is 0.565 bits per heavy atom. The molecule has 6 aromatic heterocycles. The maximum absolute atomic E-state index is 13.4. The summed E-state index contributed by atoms with van der Waals surface area (Å²) >= 11 is 3.72. The fourth-order valence-electron chi connectivity index (χ4n) is 15.5. The van der Waals surface area contributed by atoms with Gasteiger partial charge in [0.05, 0.1) is 66.9 Å². The molecule has 0 spiro atoms. The average Bonchev–Trinajstić information content (AvgIpc) is 1.45. The zero-order valence-electron chi connectivity index (χ0n) is 49.3. The third-order valence-electron chi connectivity index (χ3n) is 19.4. The summed E-state index contributed by atoms with van der Waals surface area (Å²) in [6.45, 7) is 0. The molecule has 0 radical (unpaired) electrons. The highest BCUT2D eigenvalue weighted by Gasteiger charge is 2.36. The number of para-hydroxylation sites is 4. The van der Waals surface area contributed by atoms with Gasteiger partial charge < -0.3 is 18.3 Å². The van der Waals surface area contributed by atoms with Crippen molar-refractivity contribution >= 4 is 150 Å². The van der Waals surface area contributed by atoms with Crippen molar-refractivity contribution in [2.75, 3.05) is 0 Å². The van der Waals surface area contributed by atoms with Crippen LogP contribution < -0.4 is 0 Å². The number of nitriles is 1. The molecule has 0 saturated heterocycles. The maximum atomic E-state index is 13.4. The molecule has 0 bridgehead atoms. The highest BCUT2D eigenvalue weighted by Crippen LogP contribution is 2.55. The molecular formula is C85H49N5S2. The molecule has 6 heterocycles. The van der Waals surface area contributed by atoms with E-state index in [2.05, 4.69) is 322 Å². The Morgan fingerprint density at radius 1 is 0.239 bits per heavy atom. The summed E-state index contributed by atoms with van der Waals surface area (Å²) in [4.78, 5) is 0. The quantitative estimate of drug-likeness (QED) is 0.157. The first kappa shape index (κ1) is 51.1. The van der Waals surface area contributed by atoms with E-state index in [9.17, 15) is 5.26 Å². The molecule has 0 atom stereocenters. The van der Waals surface area contributed by atoms with Crippen LogP contribution in [0.25, 0.3) is 184 Å². The highest BCUT2D eigenvalue weighted by molar-refractivity contribution is 7.27. The first-order valence-electron chi connectivity index (χ1n) is 31.2. The molecule has 426 valence electrons. The molecule has 0 aliphatic heterocycles. The lowest BCUT2D eigenvalue weighted by Gasteiger charge is -2.29. The molecule has 20 aromatic rings. The van der Waals surface area contributed by atoms with E-state index >= 15 is 0 Å². The predicted molar refractivity (Wildman–Crippen MR) is 391 cm³/mol. The van der Waals surface area contributed by atoms with E-state index in [1.165, 1.54) is 51.1 Å². The van der Waals surface area contributed by atoms with Gasteiger partial charge >= 0.3 is 0 Å². The Morgan fingerprint density at radius 3 is 0.957 bits per heavy atom. The van der Waals surface area contributed by atoms with E-state index in [0.717, 1.165) is 133 Å². The van der Waals surface area contributed by atoms with Gasteiger partial charge in [0.1, 0.15) is 11.6 Å². The minimum absolute atomic E-state index is 0.530. The number of benzene rings is 14. The van der Waals surface area contributed by atoms with Gasteiger partial charge in [0.15, 0.2) is 0 Å². The van der Waals surface area contributed by atoms with Gasteiger partial charge in [-0.2, -0.15) is 5.26 Å². The van der Waals surface area contributed by atoms with Gasteiger partial charge in [-0.15, -0.1) is 22.7 Å². The summed E-state index contributed by atoms with van der Waals surface area (Å²) in [6.07, 6.45) is 0. The first-order valence-corrected chi connectivity index (χ1v) is 32.8. The Kier molecular flexibility index (Phi) is 10.9. The zero-order chi connectivity index (χ0) is 60.3. The van der Waals surface area contributed by atoms with Crippen LogP contribution in [0.3, 0.4) is 0 Å². The minimum Gasteiger partial charge on any atom is -0.306 e. The molecule has 0 aliphatic rings. The lowest BCUT2D eigenvalue weighted by Crippen LogP contribution is -2.16. The lowest BCUT2D eigenvalue weighted by atomic mass is 9.93. The van der Waals surface area contributed by atoms with Crippen LogP contribution in [0.2, 0.25) is 0 Å². The number of aromatic nitrogens is 4. The van der Waals surface area contributed by atoms with Gasteiger partial charge in [-0.05, 0) is 88.5 Å². The standard InChI is InChI=1S/C85H49N5S2/c86-50-66-80(87-67-34-16-10-28-56(67)57-29-11-17-35-68(57)87)82(89-71-46-44-62-60-32-14-20-38-75(60)91-84(62)78(71)64-42-40-54(48-73(64)89)51-22-4-1-5-23-51)77(53-26-8-3-9-27-53)83(81(66)88-69-36-18-12-30-58(69)59-31-13-19-37-70(59)88)90-72-47-45-63-61-33-15-21-39-76(61)92-85(63)79(72)65-43-41-55(49-74(65)90)52-24-6-2-7-25-52/h1-49H. The van der Waals surface area contributed by atoms with Crippen molar-refractivity contribution in [3.05, 3.63) is 303 Å². The summed E-state index contributed by atoms with van der Waals surface area (Å²) in [5.74, 6) is 0. The van der Waals surface area contributed by atoms with Crippen LogP contribution in [0.5, 0.6) is 0 Å². The van der Waals surface area contributed by atoms with Crippen LogP contribution in [0.1, 0.15) is 5.56 Å². The molecular weight excluding hydrogens is 1160 g/mol. The van der Waals surface area contributed by atoms with Crippen molar-refractivity contribution in [2.24, 2.45) is 0 Å². The van der Waals surface area contributed by atoms with Gasteiger partial charge in [-0.1, -0.05) is 237 Å². The van der Waals surface area contributed by atoms with Crippen LogP contribution in [0.4, 0.5) is 0 Å². The van der Waals surface area contributed by atoms with Gasteiger partial charge in [-0.25, -0.2) is 0 Å². The summed E-state index contributed by atoms with van der Waals surface area (Å²) in [7, 11) is 0. The number of fused-ring (bicyclic) bond motifs is 20. The molecule has 0 fully saturated rings. The van der Waals surface area contributed by atoms with Crippen molar-refractivity contribution in [1.29, 1.82) is 5.26 Å². The molecule has 20 rings (SSSR count). The zero-order valence-corrected chi connectivity index (χ0v) is 51.0. The van der Waals surface area contributed by atoms with E-state index in [1.54, 1.807) is 0 Å². The second-order valence-corrected chi connectivity index (χ2v) is 26.2. The molecule has 5 nitrogen and oxygen atoms in total. The van der Waals surface area contributed by atoms with Crippen molar-refractivity contribution in [1.82, 2.24) is 18.3 Å². The predicted octanol–water partition coefficient (Wildman–Crippen LogP) is 23.7. The van der Waals surface area contributed by atoms with Crippen LogP contribution in [-0.4, -0.2) is 18.3 Å². The average molecular weight is 1200 g/mol. The maximum Gasteiger partial charge on any atom is 0.104 e. The summed E-state index contributed by atoms with van der Waals surface area (Å²) in [5, 5.41) is 27.3. The second-order valence-electron chi connectivity index (χ2n) is 24.1. The van der Waals surface area contributed by atoms with Gasteiger partial charge in [-0.3, -0.25) is 0 Å². The van der Waals surface area contributed by atoms with Crippen LogP contribution in [-0.2, 0) is 0 Å². The number of rotatable bonds is 7. The Labute approximate surface area is 535 Å². The molecule has 0 aliphatic carbocycles. The van der Waals surface area contributed by atoms with Crippen LogP contribution >= 0.6 is 22.7 Å². The van der Waals surface area contributed by atoms with E-state index in [4.69, 9.17) is 0 Å². The normalized spacial score (nSPS) is 12.1. The number of hydrogen-bond acceptors (Lipinski definition) is 3. The largest absolute Gasteiger partial charge is 0.306 e.